The number of aliphatic imine (C=N–C) groups is 1. The molecule has 2 heterocycles. The summed E-state index contributed by atoms with van der Waals surface area (Å²) in [5.74, 6) is 0.911. The number of nitrogens with one attached hydrogen (secondary N) is 1. The average Bonchev–Trinajstić information content (AvgIpc) is 3.19. The van der Waals surface area contributed by atoms with Crippen LogP contribution in [0.25, 0.3) is 0 Å². The maximum atomic E-state index is 12.3. The van der Waals surface area contributed by atoms with Crippen LogP contribution in [0.1, 0.15) is 47.0 Å². The summed E-state index contributed by atoms with van der Waals surface area (Å²) in [4.78, 5) is 20.8. The predicted octanol–water partition coefficient (Wildman–Crippen LogP) is 2.32. The van der Waals surface area contributed by atoms with E-state index in [0.717, 1.165) is 51.5 Å². The molecule has 2 aliphatic heterocycles. The van der Waals surface area contributed by atoms with Gasteiger partial charge in [0.1, 0.15) is 5.60 Å². The lowest BCUT2D eigenvalue weighted by Crippen LogP contribution is -2.46. The van der Waals surface area contributed by atoms with E-state index in [1.807, 2.05) is 27.8 Å². The van der Waals surface area contributed by atoms with Crippen molar-refractivity contribution >= 4 is 12.1 Å². The van der Waals surface area contributed by atoms with E-state index in [4.69, 9.17) is 9.47 Å². The van der Waals surface area contributed by atoms with Gasteiger partial charge in [-0.2, -0.15) is 0 Å². The molecule has 0 saturated carbocycles. The van der Waals surface area contributed by atoms with Crippen molar-refractivity contribution in [2.45, 2.75) is 52.6 Å². The first-order chi connectivity index (χ1) is 12.3. The van der Waals surface area contributed by atoms with Gasteiger partial charge in [0.15, 0.2) is 5.96 Å². The molecule has 2 saturated heterocycles. The molecule has 1 unspecified atom stereocenters. The highest BCUT2D eigenvalue weighted by atomic mass is 16.6. The normalized spacial score (nSPS) is 23.6. The number of hydrogen-bond acceptors (Lipinski definition) is 4. The van der Waals surface area contributed by atoms with Gasteiger partial charge in [-0.3, -0.25) is 4.99 Å². The van der Waals surface area contributed by atoms with E-state index >= 15 is 0 Å². The van der Waals surface area contributed by atoms with Crippen molar-refractivity contribution < 1.29 is 14.3 Å². The van der Waals surface area contributed by atoms with Gasteiger partial charge in [0.05, 0.1) is 6.61 Å². The van der Waals surface area contributed by atoms with Gasteiger partial charge in [0, 0.05) is 51.8 Å². The first kappa shape index (κ1) is 20.8. The molecule has 7 nitrogen and oxygen atoms in total. The molecule has 150 valence electrons. The maximum absolute atomic E-state index is 12.3. The Bertz CT molecular complexity index is 496. The third-order valence-corrected chi connectivity index (χ3v) is 4.94. The molecule has 1 atom stereocenters. The molecular weight excluding hydrogens is 332 g/mol. The van der Waals surface area contributed by atoms with Crippen molar-refractivity contribution in [3.05, 3.63) is 0 Å². The van der Waals surface area contributed by atoms with Gasteiger partial charge in [-0.05, 0) is 40.0 Å². The second-order valence-electron chi connectivity index (χ2n) is 8.42. The smallest absolute Gasteiger partial charge is 0.410 e. The van der Waals surface area contributed by atoms with Crippen molar-refractivity contribution in [3.8, 4) is 0 Å². The van der Waals surface area contributed by atoms with Crippen LogP contribution in [0.4, 0.5) is 4.79 Å². The Morgan fingerprint density at radius 3 is 2.69 bits per heavy atom. The van der Waals surface area contributed by atoms with Crippen molar-refractivity contribution in [3.63, 3.8) is 0 Å². The Hall–Kier alpha value is -1.50. The highest BCUT2D eigenvalue weighted by Gasteiger charge is 2.42. The summed E-state index contributed by atoms with van der Waals surface area (Å²) in [6.45, 7) is 13.4. The number of amides is 1. The fourth-order valence-corrected chi connectivity index (χ4v) is 3.61. The summed E-state index contributed by atoms with van der Waals surface area (Å²) in [5.41, 5.74) is -0.165. The van der Waals surface area contributed by atoms with Crippen LogP contribution in [-0.4, -0.2) is 80.4 Å². The molecule has 0 bridgehead atoms. The van der Waals surface area contributed by atoms with Crippen LogP contribution < -0.4 is 5.32 Å². The molecule has 2 fully saturated rings. The second-order valence-corrected chi connectivity index (χ2v) is 8.42. The molecule has 0 aromatic carbocycles. The van der Waals surface area contributed by atoms with Crippen molar-refractivity contribution in [1.29, 1.82) is 0 Å². The van der Waals surface area contributed by atoms with Crippen molar-refractivity contribution in [1.82, 2.24) is 15.1 Å². The first-order valence-corrected chi connectivity index (χ1v) is 9.80. The van der Waals surface area contributed by atoms with Gasteiger partial charge in [-0.15, -0.1) is 0 Å². The van der Waals surface area contributed by atoms with Crippen LogP contribution in [0.15, 0.2) is 4.99 Å². The molecular formula is C19H36N4O3. The minimum atomic E-state index is -0.472. The highest BCUT2D eigenvalue weighted by Crippen LogP contribution is 2.38. The van der Waals surface area contributed by atoms with Crippen LogP contribution in [0, 0.1) is 5.41 Å². The van der Waals surface area contributed by atoms with E-state index in [9.17, 15) is 4.79 Å². The van der Waals surface area contributed by atoms with E-state index in [-0.39, 0.29) is 6.09 Å². The molecule has 0 radical (unpaired) electrons. The number of ether oxygens (including phenoxy) is 2. The van der Waals surface area contributed by atoms with Crippen molar-refractivity contribution in [2.24, 2.45) is 10.4 Å². The summed E-state index contributed by atoms with van der Waals surface area (Å²) in [6, 6.07) is 0. The van der Waals surface area contributed by atoms with Crippen molar-refractivity contribution in [2.75, 3.05) is 53.0 Å². The third-order valence-electron chi connectivity index (χ3n) is 4.94. The molecule has 1 N–H and O–H groups in total. The minimum absolute atomic E-state index is 0.251. The highest BCUT2D eigenvalue weighted by molar-refractivity contribution is 5.80. The number of carbonyl (C=O) groups excluding carboxylic acids is 1. The Morgan fingerprint density at radius 2 is 2.12 bits per heavy atom. The lowest BCUT2D eigenvalue weighted by molar-refractivity contribution is 0.0253. The Kier molecular flexibility index (Phi) is 7.15. The summed E-state index contributed by atoms with van der Waals surface area (Å²) in [6.07, 6.45) is 2.96. The number of likely N-dealkylation sites (tertiary alicyclic amines) is 1. The van der Waals surface area contributed by atoms with Crippen LogP contribution >= 0.6 is 0 Å². The second kappa shape index (κ2) is 8.93. The third kappa shape index (κ3) is 5.76. The molecule has 0 aliphatic carbocycles. The molecule has 7 heteroatoms. The summed E-state index contributed by atoms with van der Waals surface area (Å²) in [5, 5.41) is 3.41. The van der Waals surface area contributed by atoms with Gasteiger partial charge < -0.3 is 24.6 Å². The van der Waals surface area contributed by atoms with E-state index in [1.54, 1.807) is 4.90 Å². The molecule has 2 rings (SSSR count). The number of rotatable bonds is 5. The standard InChI is InChI=1S/C19H36N4O3/c1-6-10-22(17(24)26-18(2,3)4)12-9-21-16(20-5)23-11-7-19(14-23)8-13-25-15-19/h6-15H2,1-5H3,(H,20,21). The monoisotopic (exact) mass is 368 g/mol. The lowest BCUT2D eigenvalue weighted by atomic mass is 9.87. The fourth-order valence-electron chi connectivity index (χ4n) is 3.61. The topological polar surface area (TPSA) is 66.4 Å². The summed E-state index contributed by atoms with van der Waals surface area (Å²) < 4.78 is 11.1. The summed E-state index contributed by atoms with van der Waals surface area (Å²) >= 11 is 0. The molecule has 26 heavy (non-hydrogen) atoms. The van der Waals surface area contributed by atoms with Crippen LogP contribution in [0.3, 0.4) is 0 Å². The molecule has 0 aromatic rings. The zero-order valence-corrected chi connectivity index (χ0v) is 17.1. The molecule has 1 amide bonds. The first-order valence-electron chi connectivity index (χ1n) is 9.80. The van der Waals surface area contributed by atoms with Gasteiger partial charge >= 0.3 is 6.09 Å². The Morgan fingerprint density at radius 1 is 1.35 bits per heavy atom. The number of hydrogen-bond donors (Lipinski definition) is 1. The van der Waals surface area contributed by atoms with Gasteiger partial charge in [-0.25, -0.2) is 4.79 Å². The SMILES string of the molecule is CCCN(CCNC(=NC)N1CCC2(CCOC2)C1)C(=O)OC(C)(C)C. The fraction of sp³-hybridized carbons (Fsp3) is 0.895. The molecule has 0 aromatic heterocycles. The minimum Gasteiger partial charge on any atom is -0.444 e. The zero-order chi connectivity index (χ0) is 19.2. The van der Waals surface area contributed by atoms with Gasteiger partial charge in [-0.1, -0.05) is 6.92 Å². The summed E-state index contributed by atoms with van der Waals surface area (Å²) in [7, 11) is 1.82. The van der Waals surface area contributed by atoms with Gasteiger partial charge in [0.2, 0.25) is 0 Å². The molecule has 1 spiro atoms. The largest absolute Gasteiger partial charge is 0.444 e. The van der Waals surface area contributed by atoms with Crippen LogP contribution in [0.2, 0.25) is 0 Å². The molecule has 2 aliphatic rings. The van der Waals surface area contributed by atoms with E-state index in [1.165, 1.54) is 0 Å². The van der Waals surface area contributed by atoms with E-state index in [2.05, 4.69) is 22.1 Å². The van der Waals surface area contributed by atoms with E-state index < -0.39 is 5.60 Å². The number of nitrogens with zero attached hydrogens (tertiary/aromatic N) is 3. The predicted molar refractivity (Wildman–Crippen MR) is 104 cm³/mol. The van der Waals surface area contributed by atoms with E-state index in [0.29, 0.717) is 25.0 Å². The maximum Gasteiger partial charge on any atom is 0.410 e. The lowest BCUT2D eigenvalue weighted by Gasteiger charge is -2.28. The number of guanidine groups is 1. The van der Waals surface area contributed by atoms with Crippen LogP contribution in [-0.2, 0) is 9.47 Å². The zero-order valence-electron chi connectivity index (χ0n) is 17.1. The number of carbonyl (C=O) groups is 1. The quantitative estimate of drug-likeness (QED) is 0.596. The van der Waals surface area contributed by atoms with Crippen LogP contribution in [0.5, 0.6) is 0 Å². The Labute approximate surface area is 158 Å². The van der Waals surface area contributed by atoms with Gasteiger partial charge in [0.25, 0.3) is 0 Å². The Balaban J connectivity index is 1.82. The average molecular weight is 369 g/mol.